The van der Waals surface area contributed by atoms with Gasteiger partial charge in [0.1, 0.15) is 4.90 Å². The van der Waals surface area contributed by atoms with Crippen LogP contribution in [0.4, 0.5) is 5.69 Å². The molecule has 0 saturated carbocycles. The number of aromatic nitrogens is 1. The number of anilines is 1. The maximum Gasteiger partial charge on any atom is 0.210 e. The number of benzene rings is 2. The van der Waals surface area contributed by atoms with E-state index in [1.807, 2.05) is 31.2 Å². The Balaban J connectivity index is 1.63. The zero-order valence-electron chi connectivity index (χ0n) is 22.0. The largest absolute Gasteiger partial charge is 0.377 e. The van der Waals surface area contributed by atoms with Crippen LogP contribution in [-0.2, 0) is 21.0 Å². The Kier molecular flexibility index (Phi) is 8.65. The molecule has 1 aliphatic heterocycles. The number of rotatable bonds is 10. The molecule has 0 radical (unpaired) electrons. The number of pyridine rings is 1. The van der Waals surface area contributed by atoms with Crippen molar-refractivity contribution in [2.24, 2.45) is 0 Å². The van der Waals surface area contributed by atoms with Gasteiger partial charge in [-0.05, 0) is 69.1 Å². The summed E-state index contributed by atoms with van der Waals surface area (Å²) in [5, 5.41) is 0.891. The molecule has 6 nitrogen and oxygen atoms in total. The van der Waals surface area contributed by atoms with Gasteiger partial charge in [-0.25, -0.2) is 8.42 Å². The molecule has 0 amide bonds. The van der Waals surface area contributed by atoms with Gasteiger partial charge >= 0.3 is 0 Å². The number of hydrogen-bond acceptors (Lipinski definition) is 6. The molecule has 0 spiro atoms. The molecule has 3 aromatic rings. The predicted octanol–water partition coefficient (Wildman–Crippen LogP) is 5.27. The smallest absolute Gasteiger partial charge is 0.210 e. The molecule has 0 unspecified atom stereocenters. The van der Waals surface area contributed by atoms with Gasteiger partial charge in [-0.2, -0.15) is 0 Å². The van der Waals surface area contributed by atoms with Crippen molar-refractivity contribution in [2.75, 3.05) is 44.2 Å². The number of piperidine rings is 1. The summed E-state index contributed by atoms with van der Waals surface area (Å²) in [6, 6.07) is 13.3. The quantitative estimate of drug-likeness (QED) is 0.371. The van der Waals surface area contributed by atoms with Gasteiger partial charge in [-0.3, -0.25) is 4.98 Å². The molecule has 0 bridgehead atoms. The first-order valence-corrected chi connectivity index (χ1v) is 14.7. The highest BCUT2D eigenvalue weighted by Gasteiger charge is 2.29. The third kappa shape index (κ3) is 5.74. The summed E-state index contributed by atoms with van der Waals surface area (Å²) in [5.41, 5.74) is 3.78. The molecule has 7 heteroatoms. The molecule has 4 rings (SSSR count). The molecule has 0 atom stereocenters. The molecule has 2 aromatic carbocycles. The number of ether oxygens (including phenoxy) is 1. The van der Waals surface area contributed by atoms with Crippen LogP contribution in [-0.4, -0.2) is 63.7 Å². The minimum Gasteiger partial charge on any atom is -0.377 e. The van der Waals surface area contributed by atoms with E-state index in [2.05, 4.69) is 41.6 Å². The van der Waals surface area contributed by atoms with Crippen molar-refractivity contribution in [3.8, 4) is 0 Å². The van der Waals surface area contributed by atoms with Crippen molar-refractivity contribution < 1.29 is 13.2 Å². The van der Waals surface area contributed by atoms with E-state index in [1.54, 1.807) is 18.3 Å². The van der Waals surface area contributed by atoms with E-state index in [0.717, 1.165) is 86.3 Å². The van der Waals surface area contributed by atoms with Crippen molar-refractivity contribution >= 4 is 26.4 Å². The summed E-state index contributed by atoms with van der Waals surface area (Å²) in [4.78, 5) is 9.74. The highest BCUT2D eigenvalue weighted by Crippen LogP contribution is 2.37. The molecule has 1 aromatic heterocycles. The molecule has 0 N–H and O–H groups in total. The fraction of sp³-hybridized carbons (Fsp3) is 0.483. The predicted molar refractivity (Wildman–Crippen MR) is 147 cm³/mol. The third-order valence-electron chi connectivity index (χ3n) is 7.31. The molecule has 194 valence electrons. The monoisotopic (exact) mass is 509 g/mol. The number of hydrogen-bond donors (Lipinski definition) is 0. The van der Waals surface area contributed by atoms with Crippen LogP contribution in [0.3, 0.4) is 0 Å². The minimum atomic E-state index is -3.73. The first-order chi connectivity index (χ1) is 17.4. The number of aryl methyl sites for hydroxylation is 2. The van der Waals surface area contributed by atoms with Crippen molar-refractivity contribution in [2.45, 2.75) is 62.9 Å². The van der Waals surface area contributed by atoms with E-state index in [4.69, 9.17) is 4.74 Å². The number of likely N-dealkylation sites (N-methyl/N-ethyl adjacent to an activating group) is 1. The molecule has 2 heterocycles. The Morgan fingerprint density at radius 2 is 1.72 bits per heavy atom. The van der Waals surface area contributed by atoms with E-state index in [9.17, 15) is 8.42 Å². The zero-order valence-corrected chi connectivity index (χ0v) is 22.9. The SMILES string of the molecule is CCc1ccc(S(=O)(=O)c2cnc3ccc(C)cc3c2N2CCC(OCCN(CC)CC)CC2)cc1. The Morgan fingerprint density at radius 3 is 2.36 bits per heavy atom. The first-order valence-electron chi connectivity index (χ1n) is 13.2. The average molecular weight is 510 g/mol. The van der Waals surface area contributed by atoms with Crippen LogP contribution in [0.15, 0.2) is 58.5 Å². The van der Waals surface area contributed by atoms with Gasteiger partial charge < -0.3 is 14.5 Å². The van der Waals surface area contributed by atoms with Gasteiger partial charge in [0.15, 0.2) is 0 Å². The third-order valence-corrected chi connectivity index (χ3v) is 9.08. The molecule has 1 saturated heterocycles. The highest BCUT2D eigenvalue weighted by molar-refractivity contribution is 7.91. The summed E-state index contributed by atoms with van der Waals surface area (Å²) < 4.78 is 33.9. The van der Waals surface area contributed by atoms with Crippen molar-refractivity contribution in [1.29, 1.82) is 0 Å². The molecule has 36 heavy (non-hydrogen) atoms. The van der Waals surface area contributed by atoms with Crippen LogP contribution >= 0.6 is 0 Å². The topological polar surface area (TPSA) is 62.7 Å². The summed E-state index contributed by atoms with van der Waals surface area (Å²) in [6.45, 7) is 13.7. The number of sulfone groups is 1. The van der Waals surface area contributed by atoms with Crippen molar-refractivity contribution in [3.05, 3.63) is 59.8 Å². The molecular weight excluding hydrogens is 470 g/mol. The van der Waals surface area contributed by atoms with Crippen molar-refractivity contribution in [3.63, 3.8) is 0 Å². The van der Waals surface area contributed by atoms with Gasteiger partial charge in [-0.1, -0.05) is 44.5 Å². The lowest BCUT2D eigenvalue weighted by Gasteiger charge is -2.35. The summed E-state index contributed by atoms with van der Waals surface area (Å²) in [5.74, 6) is 0. The Morgan fingerprint density at radius 1 is 1.03 bits per heavy atom. The summed E-state index contributed by atoms with van der Waals surface area (Å²) >= 11 is 0. The van der Waals surface area contributed by atoms with Crippen LogP contribution in [0.25, 0.3) is 10.9 Å². The standard InChI is InChI=1S/C29H39N3O3S/c1-5-23-9-11-25(12-10-23)36(33,34)28-21-30-27-13-8-22(4)20-26(27)29(28)32-16-14-24(15-17-32)35-19-18-31(6-2)7-3/h8-13,20-21,24H,5-7,14-19H2,1-4H3. The van der Waals surface area contributed by atoms with Gasteiger partial charge in [0, 0.05) is 31.2 Å². The fourth-order valence-corrected chi connectivity index (χ4v) is 6.40. The van der Waals surface area contributed by atoms with Crippen LogP contribution in [0, 0.1) is 6.92 Å². The van der Waals surface area contributed by atoms with Crippen LogP contribution in [0.1, 0.15) is 44.7 Å². The van der Waals surface area contributed by atoms with Gasteiger partial charge in [0.05, 0.1) is 28.8 Å². The molecule has 1 fully saturated rings. The minimum absolute atomic E-state index is 0.202. The second-order valence-electron chi connectivity index (χ2n) is 9.58. The first kappa shape index (κ1) is 26.6. The van der Waals surface area contributed by atoms with Crippen LogP contribution in [0.5, 0.6) is 0 Å². The average Bonchev–Trinajstić information content (AvgIpc) is 2.91. The van der Waals surface area contributed by atoms with Crippen LogP contribution in [0.2, 0.25) is 0 Å². The summed E-state index contributed by atoms with van der Waals surface area (Å²) in [6.07, 6.45) is 4.36. The maximum atomic E-state index is 13.9. The Labute approximate surface area is 216 Å². The lowest BCUT2D eigenvalue weighted by atomic mass is 10.0. The Hall–Kier alpha value is -2.48. The van der Waals surface area contributed by atoms with E-state index < -0.39 is 9.84 Å². The van der Waals surface area contributed by atoms with E-state index >= 15 is 0 Å². The van der Waals surface area contributed by atoms with Crippen molar-refractivity contribution in [1.82, 2.24) is 9.88 Å². The lowest BCUT2D eigenvalue weighted by molar-refractivity contribution is 0.0249. The molecule has 0 aliphatic carbocycles. The summed E-state index contributed by atoms with van der Waals surface area (Å²) in [7, 11) is -3.73. The second kappa shape index (κ2) is 11.7. The van der Waals surface area contributed by atoms with E-state index in [0.29, 0.717) is 4.90 Å². The molecule has 1 aliphatic rings. The normalized spacial score (nSPS) is 15.2. The fourth-order valence-electron chi connectivity index (χ4n) is 4.96. The second-order valence-corrected chi connectivity index (χ2v) is 11.5. The Bertz CT molecular complexity index is 1260. The maximum absolute atomic E-state index is 13.9. The molecular formula is C29H39N3O3S. The van der Waals surface area contributed by atoms with E-state index in [-0.39, 0.29) is 11.0 Å². The number of fused-ring (bicyclic) bond motifs is 1. The van der Waals surface area contributed by atoms with Crippen LogP contribution < -0.4 is 4.90 Å². The zero-order chi connectivity index (χ0) is 25.7. The number of nitrogens with zero attached hydrogens (tertiary/aromatic N) is 3. The highest BCUT2D eigenvalue weighted by atomic mass is 32.2. The van der Waals surface area contributed by atoms with Gasteiger partial charge in [0.25, 0.3) is 0 Å². The van der Waals surface area contributed by atoms with Gasteiger partial charge in [0.2, 0.25) is 9.84 Å². The van der Waals surface area contributed by atoms with E-state index in [1.165, 1.54) is 0 Å². The lowest BCUT2D eigenvalue weighted by Crippen LogP contribution is -2.39. The van der Waals surface area contributed by atoms with Gasteiger partial charge in [-0.15, -0.1) is 0 Å².